The molecule has 20 heavy (non-hydrogen) atoms. The molecule has 0 unspecified atom stereocenters. The highest BCUT2D eigenvalue weighted by molar-refractivity contribution is 5.74. The minimum Gasteiger partial charge on any atom is -0.478 e. The summed E-state index contributed by atoms with van der Waals surface area (Å²) in [6, 6.07) is 3.97. The number of nitrogens with zero attached hydrogens (tertiary/aromatic N) is 1. The van der Waals surface area contributed by atoms with Crippen LogP contribution in [0.3, 0.4) is 0 Å². The van der Waals surface area contributed by atoms with Gasteiger partial charge < -0.3 is 15.4 Å². The highest BCUT2D eigenvalue weighted by Crippen LogP contribution is 2.17. The number of carbonyl (C=O) groups is 1. The first kappa shape index (κ1) is 14.6. The smallest absolute Gasteiger partial charge is 0.315 e. The van der Waals surface area contributed by atoms with Gasteiger partial charge in [0, 0.05) is 24.8 Å². The molecule has 5 nitrogen and oxygen atoms in total. The van der Waals surface area contributed by atoms with Gasteiger partial charge in [-0.1, -0.05) is 19.3 Å². The molecule has 5 heteroatoms. The molecular formula is C15H23N3O2. The summed E-state index contributed by atoms with van der Waals surface area (Å²) in [6.07, 6.45) is 7.60. The van der Waals surface area contributed by atoms with Crippen LogP contribution in [-0.4, -0.2) is 23.7 Å². The summed E-state index contributed by atoms with van der Waals surface area (Å²) >= 11 is 0. The third-order valence-electron chi connectivity index (χ3n) is 3.48. The standard InChI is InChI=1S/C15H23N3O2/c1-2-20-14-10-12(8-9-16-14)11-17-15(19)18-13-6-4-3-5-7-13/h8-10,13H,2-7,11H2,1H3,(H2,17,18,19). The maximum absolute atomic E-state index is 11.8. The van der Waals surface area contributed by atoms with Gasteiger partial charge in [0.1, 0.15) is 0 Å². The Labute approximate surface area is 120 Å². The van der Waals surface area contributed by atoms with Gasteiger partial charge in [0.05, 0.1) is 6.61 Å². The number of pyridine rings is 1. The normalized spacial score (nSPS) is 15.7. The van der Waals surface area contributed by atoms with Crippen molar-refractivity contribution in [2.24, 2.45) is 0 Å². The molecule has 1 aliphatic rings. The summed E-state index contributed by atoms with van der Waals surface area (Å²) < 4.78 is 5.34. The largest absolute Gasteiger partial charge is 0.478 e. The average Bonchev–Trinajstić information content (AvgIpc) is 2.47. The van der Waals surface area contributed by atoms with Gasteiger partial charge in [0.2, 0.25) is 5.88 Å². The van der Waals surface area contributed by atoms with Crippen molar-refractivity contribution in [3.8, 4) is 5.88 Å². The van der Waals surface area contributed by atoms with E-state index in [1.165, 1.54) is 19.3 Å². The van der Waals surface area contributed by atoms with Crippen LogP contribution in [-0.2, 0) is 6.54 Å². The second kappa shape index (κ2) is 7.72. The second-order valence-electron chi connectivity index (χ2n) is 5.10. The van der Waals surface area contributed by atoms with E-state index in [2.05, 4.69) is 15.6 Å². The van der Waals surface area contributed by atoms with Crippen LogP contribution in [0.5, 0.6) is 5.88 Å². The lowest BCUT2D eigenvalue weighted by atomic mass is 9.96. The van der Waals surface area contributed by atoms with E-state index in [1.807, 2.05) is 19.1 Å². The number of nitrogens with one attached hydrogen (secondary N) is 2. The summed E-state index contributed by atoms with van der Waals surface area (Å²) in [7, 11) is 0. The Morgan fingerprint density at radius 1 is 1.40 bits per heavy atom. The fraction of sp³-hybridized carbons (Fsp3) is 0.600. The van der Waals surface area contributed by atoms with Crippen molar-refractivity contribution in [1.29, 1.82) is 0 Å². The third-order valence-corrected chi connectivity index (χ3v) is 3.48. The number of rotatable bonds is 5. The molecule has 110 valence electrons. The molecule has 1 aromatic heterocycles. The highest BCUT2D eigenvalue weighted by Gasteiger charge is 2.15. The fourth-order valence-electron chi connectivity index (χ4n) is 2.45. The monoisotopic (exact) mass is 277 g/mol. The molecule has 0 atom stereocenters. The van der Waals surface area contributed by atoms with E-state index in [9.17, 15) is 4.79 Å². The Kier molecular flexibility index (Phi) is 5.65. The van der Waals surface area contributed by atoms with Crippen molar-refractivity contribution < 1.29 is 9.53 Å². The van der Waals surface area contributed by atoms with Crippen molar-refractivity contribution >= 4 is 6.03 Å². The van der Waals surface area contributed by atoms with Crippen LogP contribution in [0.2, 0.25) is 0 Å². The molecule has 0 aromatic carbocycles. The zero-order chi connectivity index (χ0) is 14.2. The molecule has 2 rings (SSSR count). The molecule has 2 N–H and O–H groups in total. The number of ether oxygens (including phenoxy) is 1. The molecule has 1 aromatic rings. The zero-order valence-electron chi connectivity index (χ0n) is 12.0. The predicted octanol–water partition coefficient (Wildman–Crippen LogP) is 2.61. The lowest BCUT2D eigenvalue weighted by molar-refractivity contribution is 0.232. The molecule has 2 amide bonds. The van der Waals surface area contributed by atoms with Gasteiger partial charge in [0.25, 0.3) is 0 Å². The van der Waals surface area contributed by atoms with Crippen LogP contribution in [0.15, 0.2) is 18.3 Å². The van der Waals surface area contributed by atoms with Crippen molar-refractivity contribution in [2.75, 3.05) is 6.61 Å². The van der Waals surface area contributed by atoms with Crippen LogP contribution in [0, 0.1) is 0 Å². The van der Waals surface area contributed by atoms with Gasteiger partial charge in [-0.2, -0.15) is 0 Å². The van der Waals surface area contributed by atoms with E-state index >= 15 is 0 Å². The quantitative estimate of drug-likeness (QED) is 0.869. The maximum atomic E-state index is 11.8. The van der Waals surface area contributed by atoms with Gasteiger partial charge in [-0.3, -0.25) is 0 Å². The van der Waals surface area contributed by atoms with Crippen LogP contribution in [0.25, 0.3) is 0 Å². The number of carbonyl (C=O) groups excluding carboxylic acids is 1. The van der Waals surface area contributed by atoms with Crippen LogP contribution >= 0.6 is 0 Å². The minimum absolute atomic E-state index is 0.0910. The number of urea groups is 1. The second-order valence-corrected chi connectivity index (χ2v) is 5.10. The zero-order valence-corrected chi connectivity index (χ0v) is 12.0. The number of amides is 2. The molecule has 0 bridgehead atoms. The predicted molar refractivity (Wildman–Crippen MR) is 77.7 cm³/mol. The topological polar surface area (TPSA) is 63.2 Å². The third kappa shape index (κ3) is 4.72. The molecular weight excluding hydrogens is 254 g/mol. The van der Waals surface area contributed by atoms with Crippen molar-refractivity contribution in [1.82, 2.24) is 15.6 Å². The van der Waals surface area contributed by atoms with E-state index in [4.69, 9.17) is 4.74 Å². The molecule has 1 saturated carbocycles. The molecule has 0 saturated heterocycles. The van der Waals surface area contributed by atoms with Gasteiger partial charge in [-0.15, -0.1) is 0 Å². The molecule has 0 spiro atoms. The number of aromatic nitrogens is 1. The SMILES string of the molecule is CCOc1cc(CNC(=O)NC2CCCCC2)ccn1. The fourth-order valence-corrected chi connectivity index (χ4v) is 2.45. The Hall–Kier alpha value is -1.78. The summed E-state index contributed by atoms with van der Waals surface area (Å²) in [5.74, 6) is 0.597. The number of hydrogen-bond donors (Lipinski definition) is 2. The van der Waals surface area contributed by atoms with Gasteiger partial charge >= 0.3 is 6.03 Å². The van der Waals surface area contributed by atoms with E-state index in [0.717, 1.165) is 18.4 Å². The van der Waals surface area contributed by atoms with E-state index in [0.29, 0.717) is 25.1 Å². The Morgan fingerprint density at radius 3 is 2.95 bits per heavy atom. The lowest BCUT2D eigenvalue weighted by Crippen LogP contribution is -2.42. The lowest BCUT2D eigenvalue weighted by Gasteiger charge is -2.22. The first-order valence-corrected chi connectivity index (χ1v) is 7.40. The molecule has 0 aliphatic heterocycles. The minimum atomic E-state index is -0.0910. The molecule has 1 fully saturated rings. The highest BCUT2D eigenvalue weighted by atomic mass is 16.5. The van der Waals surface area contributed by atoms with Gasteiger partial charge in [-0.25, -0.2) is 9.78 Å². The number of hydrogen-bond acceptors (Lipinski definition) is 3. The Balaban J connectivity index is 1.76. The Morgan fingerprint density at radius 2 is 2.20 bits per heavy atom. The van der Waals surface area contributed by atoms with E-state index in [1.54, 1.807) is 6.20 Å². The van der Waals surface area contributed by atoms with Gasteiger partial charge in [-0.05, 0) is 31.4 Å². The maximum Gasteiger partial charge on any atom is 0.315 e. The van der Waals surface area contributed by atoms with Crippen LogP contribution in [0.4, 0.5) is 4.79 Å². The van der Waals surface area contributed by atoms with E-state index < -0.39 is 0 Å². The summed E-state index contributed by atoms with van der Waals surface area (Å²) in [5.41, 5.74) is 0.988. The average molecular weight is 277 g/mol. The van der Waals surface area contributed by atoms with Gasteiger partial charge in [0.15, 0.2) is 0 Å². The van der Waals surface area contributed by atoms with Crippen molar-refractivity contribution in [3.05, 3.63) is 23.9 Å². The van der Waals surface area contributed by atoms with Crippen LogP contribution < -0.4 is 15.4 Å². The van der Waals surface area contributed by atoms with Crippen molar-refractivity contribution in [2.45, 2.75) is 51.6 Å². The first-order valence-electron chi connectivity index (χ1n) is 7.40. The van der Waals surface area contributed by atoms with Crippen LogP contribution in [0.1, 0.15) is 44.6 Å². The summed E-state index contributed by atoms with van der Waals surface area (Å²) in [4.78, 5) is 15.9. The summed E-state index contributed by atoms with van der Waals surface area (Å²) in [6.45, 7) is 3.00. The molecule has 1 heterocycles. The summed E-state index contributed by atoms with van der Waals surface area (Å²) in [5, 5.41) is 5.91. The Bertz CT molecular complexity index is 431. The molecule has 0 radical (unpaired) electrons. The van der Waals surface area contributed by atoms with E-state index in [-0.39, 0.29) is 6.03 Å². The molecule has 1 aliphatic carbocycles. The first-order chi connectivity index (χ1) is 9.78. The van der Waals surface area contributed by atoms with Crippen molar-refractivity contribution in [3.63, 3.8) is 0 Å².